The molecule has 1 N–H and O–H groups in total. The van der Waals surface area contributed by atoms with Crippen molar-refractivity contribution in [1.29, 1.82) is 0 Å². The van der Waals surface area contributed by atoms with E-state index in [9.17, 15) is 9.59 Å². The summed E-state index contributed by atoms with van der Waals surface area (Å²) in [5, 5.41) is 5.00. The van der Waals surface area contributed by atoms with E-state index in [1.165, 1.54) is 0 Å². The van der Waals surface area contributed by atoms with Crippen LogP contribution in [-0.2, 0) is 4.79 Å². The Hall–Kier alpha value is -3.14. The summed E-state index contributed by atoms with van der Waals surface area (Å²) >= 11 is 0. The summed E-state index contributed by atoms with van der Waals surface area (Å²) in [5.41, 5.74) is 1.13. The average Bonchev–Trinajstić information content (AvgIpc) is 2.62. The summed E-state index contributed by atoms with van der Waals surface area (Å²) in [6, 6.07) is 20.5. The Morgan fingerprint density at radius 1 is 1.00 bits per heavy atom. The molecular formula is C20H17NO3. The van der Waals surface area contributed by atoms with E-state index in [-0.39, 0.29) is 5.91 Å². The molecule has 1 atom stereocenters. The third-order valence-corrected chi connectivity index (χ3v) is 3.74. The molecule has 0 heterocycles. The maximum atomic E-state index is 12.3. The molecule has 0 spiro atoms. The average molecular weight is 319 g/mol. The number of hydrogen-bond acceptors (Lipinski definition) is 3. The Morgan fingerprint density at radius 2 is 1.71 bits per heavy atom. The Balaban J connectivity index is 1.72. The zero-order valence-electron chi connectivity index (χ0n) is 13.2. The molecule has 0 aliphatic heterocycles. The van der Waals surface area contributed by atoms with Crippen molar-refractivity contribution in [3.05, 3.63) is 72.3 Å². The highest BCUT2D eigenvalue weighted by atomic mass is 16.5. The van der Waals surface area contributed by atoms with Crippen molar-refractivity contribution in [3.63, 3.8) is 0 Å². The van der Waals surface area contributed by atoms with Crippen LogP contribution in [0.15, 0.2) is 66.7 Å². The molecule has 4 heteroatoms. The van der Waals surface area contributed by atoms with Gasteiger partial charge in [-0.15, -0.1) is 0 Å². The first-order chi connectivity index (χ1) is 11.7. The first-order valence-corrected chi connectivity index (χ1v) is 7.68. The fourth-order valence-electron chi connectivity index (χ4n) is 2.44. The number of aldehydes is 1. The number of para-hydroxylation sites is 1. The fraction of sp³-hybridized carbons (Fsp3) is 0.100. The van der Waals surface area contributed by atoms with Gasteiger partial charge in [-0.1, -0.05) is 42.5 Å². The summed E-state index contributed by atoms with van der Waals surface area (Å²) in [7, 11) is 0. The van der Waals surface area contributed by atoms with E-state index in [0.717, 1.165) is 10.8 Å². The Morgan fingerprint density at radius 3 is 2.50 bits per heavy atom. The van der Waals surface area contributed by atoms with E-state index in [4.69, 9.17) is 4.74 Å². The fourth-order valence-corrected chi connectivity index (χ4v) is 2.44. The lowest BCUT2D eigenvalue weighted by molar-refractivity contribution is -0.122. The molecular weight excluding hydrogens is 302 g/mol. The molecule has 1 amide bonds. The highest BCUT2D eigenvalue weighted by Crippen LogP contribution is 2.20. The molecule has 3 aromatic carbocycles. The predicted octanol–water partition coefficient (Wildman–Crippen LogP) is 4.06. The van der Waals surface area contributed by atoms with E-state index >= 15 is 0 Å². The standard InChI is InChI=1S/C20H17NO3/c1-14(24-19-9-5-4-8-17(19)13-22)20(23)21-18-11-10-15-6-2-3-7-16(15)12-18/h2-14H,1H3,(H,21,23)/t14-/m0/s1. The first-order valence-electron chi connectivity index (χ1n) is 7.68. The van der Waals surface area contributed by atoms with Gasteiger partial charge in [0.1, 0.15) is 5.75 Å². The van der Waals surface area contributed by atoms with E-state index < -0.39 is 6.10 Å². The van der Waals surface area contributed by atoms with Crippen molar-refractivity contribution in [2.75, 3.05) is 5.32 Å². The SMILES string of the molecule is C[C@H](Oc1ccccc1C=O)C(=O)Nc1ccc2ccccc2c1. The Kier molecular flexibility index (Phi) is 4.57. The third kappa shape index (κ3) is 3.43. The van der Waals surface area contributed by atoms with Crippen LogP contribution in [0.25, 0.3) is 10.8 Å². The summed E-state index contributed by atoms with van der Waals surface area (Å²) in [6.45, 7) is 1.65. The van der Waals surface area contributed by atoms with Gasteiger partial charge >= 0.3 is 0 Å². The lowest BCUT2D eigenvalue weighted by Gasteiger charge is -2.16. The number of carbonyl (C=O) groups excluding carboxylic acids is 2. The molecule has 0 aliphatic rings. The normalized spacial score (nSPS) is 11.7. The van der Waals surface area contributed by atoms with Crippen LogP contribution in [-0.4, -0.2) is 18.3 Å². The van der Waals surface area contributed by atoms with Gasteiger partial charge in [-0.2, -0.15) is 0 Å². The summed E-state index contributed by atoms with van der Waals surface area (Å²) in [5.74, 6) is 0.125. The number of benzene rings is 3. The van der Waals surface area contributed by atoms with Gasteiger partial charge < -0.3 is 10.1 Å². The Bertz CT molecular complexity index is 889. The Labute approximate surface area is 140 Å². The maximum Gasteiger partial charge on any atom is 0.265 e. The molecule has 0 bridgehead atoms. The van der Waals surface area contributed by atoms with E-state index in [2.05, 4.69) is 5.32 Å². The van der Waals surface area contributed by atoms with Gasteiger partial charge in [0.25, 0.3) is 5.91 Å². The van der Waals surface area contributed by atoms with Crippen molar-refractivity contribution >= 4 is 28.7 Å². The number of carbonyl (C=O) groups is 2. The molecule has 0 saturated carbocycles. The zero-order valence-corrected chi connectivity index (χ0v) is 13.2. The predicted molar refractivity (Wildman–Crippen MR) is 94.5 cm³/mol. The molecule has 4 nitrogen and oxygen atoms in total. The number of amides is 1. The summed E-state index contributed by atoms with van der Waals surface area (Å²) < 4.78 is 5.61. The minimum absolute atomic E-state index is 0.272. The zero-order chi connectivity index (χ0) is 16.9. The van der Waals surface area contributed by atoms with Crippen LogP contribution in [0.2, 0.25) is 0 Å². The quantitative estimate of drug-likeness (QED) is 0.722. The maximum absolute atomic E-state index is 12.3. The molecule has 3 aromatic rings. The molecule has 0 saturated heterocycles. The highest BCUT2D eigenvalue weighted by Gasteiger charge is 2.16. The molecule has 0 radical (unpaired) electrons. The van der Waals surface area contributed by atoms with Crippen LogP contribution >= 0.6 is 0 Å². The summed E-state index contributed by atoms with van der Waals surface area (Å²) in [4.78, 5) is 23.3. The smallest absolute Gasteiger partial charge is 0.265 e. The number of rotatable bonds is 5. The number of nitrogens with one attached hydrogen (secondary N) is 1. The minimum Gasteiger partial charge on any atom is -0.480 e. The highest BCUT2D eigenvalue weighted by molar-refractivity contribution is 5.96. The molecule has 0 unspecified atom stereocenters. The second-order valence-corrected chi connectivity index (χ2v) is 5.47. The van der Waals surface area contributed by atoms with Crippen LogP contribution in [0, 0.1) is 0 Å². The molecule has 0 aromatic heterocycles. The van der Waals surface area contributed by atoms with E-state index in [0.29, 0.717) is 23.3 Å². The van der Waals surface area contributed by atoms with Crippen LogP contribution < -0.4 is 10.1 Å². The van der Waals surface area contributed by atoms with Crippen LogP contribution in [0.5, 0.6) is 5.75 Å². The van der Waals surface area contributed by atoms with Crippen molar-refractivity contribution < 1.29 is 14.3 Å². The lowest BCUT2D eigenvalue weighted by Crippen LogP contribution is -2.30. The molecule has 3 rings (SSSR count). The number of ether oxygens (including phenoxy) is 1. The van der Waals surface area contributed by atoms with Crippen molar-refractivity contribution in [2.45, 2.75) is 13.0 Å². The molecule has 0 fully saturated rings. The third-order valence-electron chi connectivity index (χ3n) is 3.74. The van der Waals surface area contributed by atoms with Gasteiger partial charge in [-0.05, 0) is 42.0 Å². The summed E-state index contributed by atoms with van der Waals surface area (Å²) in [6.07, 6.45) is -0.0129. The van der Waals surface area contributed by atoms with Crippen molar-refractivity contribution in [1.82, 2.24) is 0 Å². The van der Waals surface area contributed by atoms with Gasteiger partial charge in [0.15, 0.2) is 12.4 Å². The van der Waals surface area contributed by atoms with Gasteiger partial charge in [-0.25, -0.2) is 0 Å². The second-order valence-electron chi connectivity index (χ2n) is 5.47. The molecule has 120 valence electrons. The minimum atomic E-state index is -0.724. The van der Waals surface area contributed by atoms with Gasteiger partial charge in [-0.3, -0.25) is 9.59 Å². The van der Waals surface area contributed by atoms with Crippen LogP contribution in [0.3, 0.4) is 0 Å². The molecule has 24 heavy (non-hydrogen) atoms. The van der Waals surface area contributed by atoms with Gasteiger partial charge in [0, 0.05) is 5.69 Å². The topological polar surface area (TPSA) is 55.4 Å². The number of anilines is 1. The van der Waals surface area contributed by atoms with E-state index in [1.54, 1.807) is 31.2 Å². The van der Waals surface area contributed by atoms with Crippen LogP contribution in [0.1, 0.15) is 17.3 Å². The number of hydrogen-bond donors (Lipinski definition) is 1. The monoisotopic (exact) mass is 319 g/mol. The lowest BCUT2D eigenvalue weighted by atomic mass is 10.1. The largest absolute Gasteiger partial charge is 0.480 e. The van der Waals surface area contributed by atoms with Crippen molar-refractivity contribution in [2.24, 2.45) is 0 Å². The van der Waals surface area contributed by atoms with Crippen LogP contribution in [0.4, 0.5) is 5.69 Å². The molecule has 0 aliphatic carbocycles. The number of fused-ring (bicyclic) bond motifs is 1. The van der Waals surface area contributed by atoms with Gasteiger partial charge in [0.05, 0.1) is 5.56 Å². The van der Waals surface area contributed by atoms with E-state index in [1.807, 2.05) is 42.5 Å². The second kappa shape index (κ2) is 6.96. The first kappa shape index (κ1) is 15.7. The van der Waals surface area contributed by atoms with Crippen molar-refractivity contribution in [3.8, 4) is 5.75 Å². The van der Waals surface area contributed by atoms with Gasteiger partial charge in [0.2, 0.25) is 0 Å².